The van der Waals surface area contributed by atoms with E-state index in [1.807, 2.05) is 0 Å². The van der Waals surface area contributed by atoms with Crippen molar-refractivity contribution in [2.45, 2.75) is 31.5 Å². The van der Waals surface area contributed by atoms with Gasteiger partial charge >= 0.3 is 5.97 Å². The second kappa shape index (κ2) is 3.75. The van der Waals surface area contributed by atoms with Crippen molar-refractivity contribution < 1.29 is 24.0 Å². The number of nitrogens with one attached hydrogen (secondary N) is 1. The van der Waals surface area contributed by atoms with Crippen LogP contribution in [0.25, 0.3) is 0 Å². The fraction of sp³-hybridized carbons (Fsp3) is 0.667. The van der Waals surface area contributed by atoms with Crippen LogP contribution in [0.3, 0.4) is 0 Å². The minimum absolute atomic E-state index is 0.136. The molecular formula is C9H12N2O5. The number of rotatable bonds is 1. The summed E-state index contributed by atoms with van der Waals surface area (Å²) in [6.07, 6.45) is -0.744. The van der Waals surface area contributed by atoms with E-state index in [0.29, 0.717) is 0 Å². The zero-order valence-corrected chi connectivity index (χ0v) is 8.93. The first-order valence-electron chi connectivity index (χ1n) is 4.92. The maximum atomic E-state index is 11.6. The van der Waals surface area contributed by atoms with Gasteiger partial charge < -0.3 is 10.1 Å². The van der Waals surface area contributed by atoms with Crippen LogP contribution >= 0.6 is 0 Å². The Morgan fingerprint density at radius 3 is 2.88 bits per heavy atom. The molecule has 1 N–H and O–H groups in total. The van der Waals surface area contributed by atoms with Crippen LogP contribution in [0.1, 0.15) is 13.3 Å². The standard InChI is InChI=1S/C9H12N2O5/c1-4-8(13)11-5(7(12)10-4)3-6(16-11)9(14)15-2/h4-6H,3H2,1-2H3,(H,10,12)/t4-,5-,6+/m0/s1. The molecule has 2 heterocycles. The molecule has 2 saturated heterocycles. The summed E-state index contributed by atoms with van der Waals surface area (Å²) < 4.78 is 4.50. The first-order valence-corrected chi connectivity index (χ1v) is 4.92. The lowest BCUT2D eigenvalue weighted by Gasteiger charge is -2.30. The minimum atomic E-state index is -0.880. The summed E-state index contributed by atoms with van der Waals surface area (Å²) in [5.74, 6) is -1.24. The Balaban J connectivity index is 2.16. The molecule has 2 amide bonds. The van der Waals surface area contributed by atoms with E-state index in [-0.39, 0.29) is 18.2 Å². The average Bonchev–Trinajstić information content (AvgIpc) is 2.70. The average molecular weight is 228 g/mol. The number of hydroxylamine groups is 2. The molecule has 0 spiro atoms. The van der Waals surface area contributed by atoms with E-state index in [0.717, 1.165) is 5.06 Å². The number of fused-ring (bicyclic) bond motifs is 1. The number of hydrogen-bond acceptors (Lipinski definition) is 5. The highest BCUT2D eigenvalue weighted by atomic mass is 16.7. The molecule has 2 aliphatic heterocycles. The Morgan fingerprint density at radius 1 is 1.56 bits per heavy atom. The van der Waals surface area contributed by atoms with Crippen molar-refractivity contribution in [1.29, 1.82) is 0 Å². The van der Waals surface area contributed by atoms with Crippen LogP contribution in [0.15, 0.2) is 0 Å². The molecule has 0 aromatic heterocycles. The van der Waals surface area contributed by atoms with E-state index in [2.05, 4.69) is 10.1 Å². The zero-order valence-electron chi connectivity index (χ0n) is 8.93. The first-order chi connectivity index (χ1) is 7.54. The van der Waals surface area contributed by atoms with E-state index in [1.54, 1.807) is 6.92 Å². The minimum Gasteiger partial charge on any atom is -0.467 e. The Kier molecular flexibility index (Phi) is 2.55. The molecule has 88 valence electrons. The van der Waals surface area contributed by atoms with Crippen molar-refractivity contribution in [3.05, 3.63) is 0 Å². The Bertz CT molecular complexity index is 356. The van der Waals surface area contributed by atoms with Crippen LogP contribution < -0.4 is 5.32 Å². The van der Waals surface area contributed by atoms with Gasteiger partial charge in [-0.05, 0) is 6.92 Å². The Labute approximate surface area is 91.6 Å². The molecule has 0 radical (unpaired) electrons. The smallest absolute Gasteiger partial charge is 0.337 e. The van der Waals surface area contributed by atoms with E-state index in [1.165, 1.54) is 7.11 Å². The fourth-order valence-electron chi connectivity index (χ4n) is 1.80. The lowest BCUT2D eigenvalue weighted by atomic mass is 10.1. The van der Waals surface area contributed by atoms with Crippen molar-refractivity contribution in [3.8, 4) is 0 Å². The van der Waals surface area contributed by atoms with Gasteiger partial charge in [0, 0.05) is 6.42 Å². The predicted molar refractivity (Wildman–Crippen MR) is 49.7 cm³/mol. The molecular weight excluding hydrogens is 216 g/mol. The van der Waals surface area contributed by atoms with Crippen LogP contribution in [-0.2, 0) is 24.0 Å². The van der Waals surface area contributed by atoms with Crippen molar-refractivity contribution >= 4 is 17.8 Å². The number of piperazine rings is 1. The molecule has 16 heavy (non-hydrogen) atoms. The number of ether oxygens (including phenoxy) is 1. The summed E-state index contributed by atoms with van der Waals surface area (Å²) in [4.78, 5) is 39.5. The Morgan fingerprint density at radius 2 is 2.25 bits per heavy atom. The van der Waals surface area contributed by atoms with Gasteiger partial charge in [0.2, 0.25) is 5.91 Å². The van der Waals surface area contributed by atoms with Gasteiger partial charge in [-0.15, -0.1) is 0 Å². The van der Waals surface area contributed by atoms with Crippen LogP contribution in [0.4, 0.5) is 0 Å². The highest BCUT2D eigenvalue weighted by Gasteiger charge is 2.49. The molecule has 0 saturated carbocycles. The maximum Gasteiger partial charge on any atom is 0.337 e. The summed E-state index contributed by atoms with van der Waals surface area (Å²) >= 11 is 0. The summed E-state index contributed by atoms with van der Waals surface area (Å²) in [7, 11) is 1.23. The second-order valence-electron chi connectivity index (χ2n) is 3.76. The van der Waals surface area contributed by atoms with Gasteiger partial charge in [-0.25, -0.2) is 9.86 Å². The van der Waals surface area contributed by atoms with E-state index in [9.17, 15) is 14.4 Å². The van der Waals surface area contributed by atoms with Crippen molar-refractivity contribution in [2.75, 3.05) is 7.11 Å². The summed E-state index contributed by atoms with van der Waals surface area (Å²) in [6, 6.07) is -1.35. The van der Waals surface area contributed by atoms with Crippen LogP contribution in [0.2, 0.25) is 0 Å². The maximum absolute atomic E-state index is 11.6. The normalized spacial score (nSPS) is 33.4. The third kappa shape index (κ3) is 1.53. The highest BCUT2D eigenvalue weighted by molar-refractivity contribution is 5.97. The SMILES string of the molecule is COC(=O)[C@H]1C[C@H]2C(=O)N[C@@H](C)C(=O)N2O1. The molecule has 0 bridgehead atoms. The van der Waals surface area contributed by atoms with E-state index in [4.69, 9.17) is 4.84 Å². The fourth-order valence-corrected chi connectivity index (χ4v) is 1.80. The molecule has 2 fully saturated rings. The molecule has 2 rings (SSSR count). The lowest BCUT2D eigenvalue weighted by Crippen LogP contribution is -2.59. The van der Waals surface area contributed by atoms with Crippen molar-refractivity contribution in [1.82, 2.24) is 10.4 Å². The predicted octanol–water partition coefficient (Wildman–Crippen LogP) is -1.42. The molecule has 0 aliphatic carbocycles. The van der Waals surface area contributed by atoms with Crippen molar-refractivity contribution in [3.63, 3.8) is 0 Å². The van der Waals surface area contributed by atoms with E-state index >= 15 is 0 Å². The number of carbonyl (C=O) groups is 3. The monoisotopic (exact) mass is 228 g/mol. The molecule has 0 aromatic carbocycles. The number of hydrogen-bond donors (Lipinski definition) is 1. The molecule has 2 aliphatic rings. The zero-order chi connectivity index (χ0) is 11.9. The lowest BCUT2D eigenvalue weighted by molar-refractivity contribution is -0.202. The largest absolute Gasteiger partial charge is 0.467 e. The second-order valence-corrected chi connectivity index (χ2v) is 3.76. The van der Waals surface area contributed by atoms with Gasteiger partial charge in [-0.2, -0.15) is 0 Å². The third-order valence-corrected chi connectivity index (χ3v) is 2.67. The molecule has 0 aromatic rings. The van der Waals surface area contributed by atoms with Gasteiger partial charge in [0.05, 0.1) is 7.11 Å². The summed E-state index contributed by atoms with van der Waals surface area (Å²) in [5, 5.41) is 3.49. The highest BCUT2D eigenvalue weighted by Crippen LogP contribution is 2.25. The summed E-state index contributed by atoms with van der Waals surface area (Å²) in [6.45, 7) is 1.56. The molecule has 7 heteroatoms. The third-order valence-electron chi connectivity index (χ3n) is 2.67. The van der Waals surface area contributed by atoms with Crippen molar-refractivity contribution in [2.24, 2.45) is 0 Å². The number of esters is 1. The number of carbonyl (C=O) groups excluding carboxylic acids is 3. The molecule has 3 atom stereocenters. The molecule has 7 nitrogen and oxygen atoms in total. The number of methoxy groups -OCH3 is 1. The van der Waals surface area contributed by atoms with Gasteiger partial charge in [0.15, 0.2) is 6.10 Å². The van der Waals surface area contributed by atoms with Gasteiger partial charge in [0.25, 0.3) is 5.91 Å². The first kappa shape index (κ1) is 10.9. The van der Waals surface area contributed by atoms with Gasteiger partial charge in [-0.3, -0.25) is 14.4 Å². The van der Waals surface area contributed by atoms with Gasteiger partial charge in [0.1, 0.15) is 12.1 Å². The van der Waals surface area contributed by atoms with Crippen LogP contribution in [-0.4, -0.2) is 48.1 Å². The topological polar surface area (TPSA) is 84.9 Å². The number of nitrogens with zero attached hydrogens (tertiary/aromatic N) is 1. The molecule has 0 unspecified atom stereocenters. The Hall–Kier alpha value is -1.63. The quantitative estimate of drug-likeness (QED) is 0.557. The number of amides is 2. The van der Waals surface area contributed by atoms with Crippen LogP contribution in [0, 0.1) is 0 Å². The van der Waals surface area contributed by atoms with Gasteiger partial charge in [-0.1, -0.05) is 0 Å². The van der Waals surface area contributed by atoms with Crippen LogP contribution in [0.5, 0.6) is 0 Å². The van der Waals surface area contributed by atoms with E-state index < -0.39 is 24.2 Å². The summed E-state index contributed by atoms with van der Waals surface area (Å²) in [5.41, 5.74) is 0.